The zero-order valence-corrected chi connectivity index (χ0v) is 13.3. The summed E-state index contributed by atoms with van der Waals surface area (Å²) in [6, 6.07) is 25.9. The van der Waals surface area contributed by atoms with Crippen LogP contribution in [0.15, 0.2) is 84.9 Å². The largest absolute Gasteiger partial charge is 0.411 e. The second-order valence-electron chi connectivity index (χ2n) is 5.57. The smallest absolute Gasteiger partial charge is 0.284 e. The van der Waals surface area contributed by atoms with Crippen LogP contribution in [-0.4, -0.2) is 21.1 Å². The second-order valence-corrected chi connectivity index (χ2v) is 5.57. The molecule has 25 heavy (non-hydrogen) atoms. The van der Waals surface area contributed by atoms with Crippen molar-refractivity contribution >= 4 is 28.2 Å². The van der Waals surface area contributed by atoms with E-state index in [9.17, 15) is 10.0 Å². The molecule has 1 amide bonds. The number of carbonyl (C=O) groups is 1. The summed E-state index contributed by atoms with van der Waals surface area (Å²) >= 11 is 0. The van der Waals surface area contributed by atoms with E-state index >= 15 is 0 Å². The lowest BCUT2D eigenvalue weighted by atomic mass is 10.1. The van der Waals surface area contributed by atoms with E-state index in [1.807, 2.05) is 66.7 Å². The third-order valence-corrected chi connectivity index (χ3v) is 4.00. The van der Waals surface area contributed by atoms with E-state index in [4.69, 9.17) is 0 Å². The molecule has 0 fully saturated rings. The molecule has 0 aliphatic rings. The Morgan fingerprint density at radius 3 is 1.92 bits per heavy atom. The molecule has 0 saturated heterocycles. The Morgan fingerprint density at radius 2 is 1.32 bits per heavy atom. The molecule has 1 aromatic heterocycles. The van der Waals surface area contributed by atoms with Crippen LogP contribution < -0.4 is 4.90 Å². The number of benzene rings is 3. The third kappa shape index (κ3) is 2.61. The van der Waals surface area contributed by atoms with Gasteiger partial charge in [0.1, 0.15) is 5.52 Å². The first-order chi connectivity index (χ1) is 12.3. The Hall–Kier alpha value is -3.60. The number of amides is 1. The molecule has 0 radical (unpaired) electrons. The van der Waals surface area contributed by atoms with Crippen LogP contribution >= 0.6 is 0 Å². The van der Waals surface area contributed by atoms with Gasteiger partial charge in [-0.2, -0.15) is 0 Å². The SMILES string of the molecule is O=C(c1nn(O)c2ccccc12)N(c1ccccc1)c1ccccc1. The molecule has 4 aromatic rings. The predicted octanol–water partition coefficient (Wildman–Crippen LogP) is 4.25. The first-order valence-electron chi connectivity index (χ1n) is 7.87. The predicted molar refractivity (Wildman–Crippen MR) is 96.3 cm³/mol. The van der Waals surface area contributed by atoms with Gasteiger partial charge in [0.2, 0.25) is 0 Å². The van der Waals surface area contributed by atoms with Gasteiger partial charge in [-0.3, -0.25) is 9.69 Å². The minimum Gasteiger partial charge on any atom is -0.411 e. The van der Waals surface area contributed by atoms with Gasteiger partial charge in [0.15, 0.2) is 5.69 Å². The molecule has 0 spiro atoms. The Morgan fingerprint density at radius 1 is 0.800 bits per heavy atom. The lowest BCUT2D eigenvalue weighted by molar-refractivity contribution is 0.0983. The van der Waals surface area contributed by atoms with E-state index < -0.39 is 0 Å². The summed E-state index contributed by atoms with van der Waals surface area (Å²) in [6.07, 6.45) is 0. The van der Waals surface area contributed by atoms with Gasteiger partial charge < -0.3 is 5.21 Å². The van der Waals surface area contributed by atoms with Crippen molar-refractivity contribution < 1.29 is 10.0 Å². The van der Waals surface area contributed by atoms with E-state index in [2.05, 4.69) is 5.10 Å². The molecule has 3 aromatic carbocycles. The summed E-state index contributed by atoms with van der Waals surface area (Å²) in [6.45, 7) is 0. The lowest BCUT2D eigenvalue weighted by Crippen LogP contribution is -2.26. The fourth-order valence-corrected chi connectivity index (χ4v) is 2.85. The van der Waals surface area contributed by atoms with Gasteiger partial charge in [0, 0.05) is 16.8 Å². The first kappa shape index (κ1) is 15.0. The summed E-state index contributed by atoms with van der Waals surface area (Å²) < 4.78 is 0. The molecule has 0 atom stereocenters. The van der Waals surface area contributed by atoms with Gasteiger partial charge in [-0.15, -0.1) is 9.94 Å². The van der Waals surface area contributed by atoms with Crippen LogP contribution in [0.2, 0.25) is 0 Å². The number of hydrogen-bond acceptors (Lipinski definition) is 3. The first-order valence-corrected chi connectivity index (χ1v) is 7.87. The average molecular weight is 329 g/mol. The van der Waals surface area contributed by atoms with Crippen LogP contribution in [0.3, 0.4) is 0 Å². The van der Waals surface area contributed by atoms with Gasteiger partial charge in [-0.25, -0.2) is 0 Å². The maximum atomic E-state index is 13.3. The lowest BCUT2D eigenvalue weighted by Gasteiger charge is -2.22. The summed E-state index contributed by atoms with van der Waals surface area (Å²) in [5.74, 6) is -0.304. The average Bonchev–Trinajstić information content (AvgIpc) is 3.01. The molecule has 5 nitrogen and oxygen atoms in total. The summed E-state index contributed by atoms with van der Waals surface area (Å²) in [4.78, 5) is 15.7. The number of anilines is 2. The van der Waals surface area contributed by atoms with E-state index in [1.54, 1.807) is 23.1 Å². The molecular weight excluding hydrogens is 314 g/mol. The molecule has 0 bridgehead atoms. The topological polar surface area (TPSA) is 58.4 Å². The minimum atomic E-state index is -0.304. The Labute approximate surface area is 144 Å². The van der Waals surface area contributed by atoms with Gasteiger partial charge >= 0.3 is 0 Å². The van der Waals surface area contributed by atoms with Crippen molar-refractivity contribution in [2.75, 3.05) is 4.90 Å². The molecule has 5 heteroatoms. The highest BCUT2D eigenvalue weighted by atomic mass is 16.5. The molecule has 1 heterocycles. The van der Waals surface area contributed by atoms with E-state index in [1.165, 1.54) is 0 Å². The van der Waals surface area contributed by atoms with Gasteiger partial charge in [0.25, 0.3) is 5.91 Å². The van der Waals surface area contributed by atoms with Crippen molar-refractivity contribution in [3.8, 4) is 0 Å². The van der Waals surface area contributed by atoms with Crippen molar-refractivity contribution in [1.29, 1.82) is 0 Å². The highest BCUT2D eigenvalue weighted by Gasteiger charge is 2.25. The van der Waals surface area contributed by atoms with Gasteiger partial charge in [0.05, 0.1) is 0 Å². The van der Waals surface area contributed by atoms with Crippen molar-refractivity contribution in [1.82, 2.24) is 9.94 Å². The fourth-order valence-electron chi connectivity index (χ4n) is 2.85. The molecule has 0 unspecified atom stereocenters. The zero-order valence-electron chi connectivity index (χ0n) is 13.3. The summed E-state index contributed by atoms with van der Waals surface area (Å²) in [5.41, 5.74) is 2.16. The number of aromatic nitrogens is 2. The molecule has 4 rings (SSSR count). The number of para-hydroxylation sites is 3. The second kappa shape index (κ2) is 6.13. The Bertz CT molecular complexity index is 987. The molecule has 122 valence electrons. The molecule has 1 N–H and O–H groups in total. The monoisotopic (exact) mass is 329 g/mol. The Kier molecular flexibility index (Phi) is 3.67. The van der Waals surface area contributed by atoms with Crippen LogP contribution in [0.5, 0.6) is 0 Å². The van der Waals surface area contributed by atoms with Crippen LogP contribution in [0.25, 0.3) is 10.9 Å². The van der Waals surface area contributed by atoms with Crippen LogP contribution in [0, 0.1) is 0 Å². The van der Waals surface area contributed by atoms with E-state index in [0.29, 0.717) is 10.9 Å². The van der Waals surface area contributed by atoms with Crippen molar-refractivity contribution in [2.45, 2.75) is 0 Å². The third-order valence-electron chi connectivity index (χ3n) is 4.00. The van der Waals surface area contributed by atoms with Crippen molar-refractivity contribution in [3.05, 3.63) is 90.6 Å². The number of nitrogens with zero attached hydrogens (tertiary/aromatic N) is 3. The van der Waals surface area contributed by atoms with Gasteiger partial charge in [-0.1, -0.05) is 54.6 Å². The number of carbonyl (C=O) groups excluding carboxylic acids is 1. The van der Waals surface area contributed by atoms with Crippen molar-refractivity contribution in [3.63, 3.8) is 0 Å². The number of rotatable bonds is 3. The quantitative estimate of drug-likeness (QED) is 0.572. The number of hydrogen-bond donors (Lipinski definition) is 1. The summed E-state index contributed by atoms with van der Waals surface area (Å²) in [7, 11) is 0. The minimum absolute atomic E-state index is 0.200. The maximum Gasteiger partial charge on any atom is 0.284 e. The van der Waals surface area contributed by atoms with E-state index in [-0.39, 0.29) is 11.6 Å². The maximum absolute atomic E-state index is 13.3. The van der Waals surface area contributed by atoms with Crippen LogP contribution in [0.1, 0.15) is 10.5 Å². The summed E-state index contributed by atoms with van der Waals surface area (Å²) in [5, 5.41) is 14.6. The molecule has 0 aliphatic heterocycles. The normalized spacial score (nSPS) is 10.7. The zero-order chi connectivity index (χ0) is 17.2. The fraction of sp³-hybridized carbons (Fsp3) is 0. The number of fused-ring (bicyclic) bond motifs is 1. The molecule has 0 aliphatic carbocycles. The highest BCUT2D eigenvalue weighted by Crippen LogP contribution is 2.29. The standard InChI is InChI=1S/C20H15N3O2/c24-20(19-17-13-7-8-14-18(17)23(25)21-19)22(15-9-3-1-4-10-15)16-11-5-2-6-12-16/h1-14,25H. The van der Waals surface area contributed by atoms with E-state index in [0.717, 1.165) is 16.2 Å². The van der Waals surface area contributed by atoms with Crippen molar-refractivity contribution in [2.24, 2.45) is 0 Å². The molecule has 0 saturated carbocycles. The highest BCUT2D eigenvalue weighted by molar-refractivity contribution is 6.15. The molecular formula is C20H15N3O2. The van der Waals surface area contributed by atoms with Crippen LogP contribution in [-0.2, 0) is 0 Å². The van der Waals surface area contributed by atoms with Gasteiger partial charge in [-0.05, 0) is 30.3 Å². The Balaban J connectivity index is 1.89. The van der Waals surface area contributed by atoms with Crippen LogP contribution in [0.4, 0.5) is 11.4 Å².